The number of nitriles is 1. The summed E-state index contributed by atoms with van der Waals surface area (Å²) in [5, 5.41) is 8.85. The smallest absolute Gasteiger partial charge is 0.123 e. The van der Waals surface area contributed by atoms with Crippen molar-refractivity contribution in [3.8, 4) is 11.8 Å². The molecule has 2 aromatic rings. The number of nitrogen functional groups attached to an aromatic ring is 1. The molecule has 2 rings (SSSR count). The highest BCUT2D eigenvalue weighted by molar-refractivity contribution is 5.52. The first-order valence-electron chi connectivity index (χ1n) is 6.84. The van der Waals surface area contributed by atoms with E-state index in [9.17, 15) is 0 Å². The van der Waals surface area contributed by atoms with Crippen LogP contribution < -0.4 is 15.4 Å². The molecule has 108 valence electrons. The predicted octanol–water partition coefficient (Wildman–Crippen LogP) is 3.20. The summed E-state index contributed by atoms with van der Waals surface area (Å²) in [5.41, 5.74) is 8.67. The molecule has 0 unspecified atom stereocenters. The second kappa shape index (κ2) is 7.20. The molecule has 0 fully saturated rings. The van der Waals surface area contributed by atoms with Crippen LogP contribution in [0.4, 0.5) is 11.4 Å². The Kier molecular flexibility index (Phi) is 5.05. The van der Waals surface area contributed by atoms with E-state index in [1.54, 1.807) is 7.11 Å². The quantitative estimate of drug-likeness (QED) is 0.826. The number of hydrogen-bond donors (Lipinski definition) is 1. The second-order valence-electron chi connectivity index (χ2n) is 4.74. The highest BCUT2D eigenvalue weighted by Gasteiger charge is 2.11. The molecule has 0 saturated heterocycles. The van der Waals surface area contributed by atoms with Gasteiger partial charge in [-0.3, -0.25) is 0 Å². The molecule has 0 aliphatic carbocycles. The van der Waals surface area contributed by atoms with Crippen molar-refractivity contribution in [2.75, 3.05) is 24.3 Å². The SMILES string of the molecule is COc1ccc(N)cc1CN(CCC#N)c1ccccc1. The summed E-state index contributed by atoms with van der Waals surface area (Å²) >= 11 is 0. The van der Waals surface area contributed by atoms with Crippen LogP contribution in [0, 0.1) is 11.3 Å². The van der Waals surface area contributed by atoms with Crippen LogP contribution in [0.15, 0.2) is 48.5 Å². The molecule has 0 radical (unpaired) electrons. The lowest BCUT2D eigenvalue weighted by atomic mass is 10.1. The zero-order chi connectivity index (χ0) is 15.1. The topological polar surface area (TPSA) is 62.3 Å². The van der Waals surface area contributed by atoms with E-state index in [2.05, 4.69) is 11.0 Å². The van der Waals surface area contributed by atoms with Gasteiger partial charge in [-0.05, 0) is 30.3 Å². The van der Waals surface area contributed by atoms with Crippen LogP contribution >= 0.6 is 0 Å². The first-order chi connectivity index (χ1) is 10.2. The van der Waals surface area contributed by atoms with E-state index in [-0.39, 0.29) is 0 Å². The number of benzene rings is 2. The Morgan fingerprint density at radius 1 is 1.19 bits per heavy atom. The maximum Gasteiger partial charge on any atom is 0.123 e. The fraction of sp³-hybridized carbons (Fsp3) is 0.235. The van der Waals surface area contributed by atoms with Crippen molar-refractivity contribution in [2.45, 2.75) is 13.0 Å². The summed E-state index contributed by atoms with van der Waals surface area (Å²) in [6, 6.07) is 17.8. The standard InChI is InChI=1S/C17H19N3O/c1-21-17-9-8-15(19)12-14(17)13-20(11-5-10-18)16-6-3-2-4-7-16/h2-4,6-9,12H,5,11,13,19H2,1H3. The van der Waals surface area contributed by atoms with E-state index < -0.39 is 0 Å². The normalized spacial score (nSPS) is 9.90. The molecule has 0 atom stereocenters. The number of para-hydroxylation sites is 1. The maximum absolute atomic E-state index is 8.85. The minimum absolute atomic E-state index is 0.472. The van der Waals surface area contributed by atoms with E-state index in [1.165, 1.54) is 0 Å². The fourth-order valence-electron chi connectivity index (χ4n) is 2.25. The maximum atomic E-state index is 8.85. The van der Waals surface area contributed by atoms with Gasteiger partial charge < -0.3 is 15.4 Å². The van der Waals surface area contributed by atoms with Crippen molar-refractivity contribution >= 4 is 11.4 Å². The van der Waals surface area contributed by atoms with Gasteiger partial charge in [0.15, 0.2) is 0 Å². The molecule has 4 heteroatoms. The van der Waals surface area contributed by atoms with Crippen molar-refractivity contribution in [1.29, 1.82) is 5.26 Å². The van der Waals surface area contributed by atoms with Crippen LogP contribution in [-0.2, 0) is 6.54 Å². The molecule has 4 nitrogen and oxygen atoms in total. The summed E-state index contributed by atoms with van der Waals surface area (Å²) in [6.07, 6.45) is 0.472. The Labute approximate surface area is 125 Å². The van der Waals surface area contributed by atoms with Crippen LogP contribution in [-0.4, -0.2) is 13.7 Å². The number of nitrogens with two attached hydrogens (primary N) is 1. The van der Waals surface area contributed by atoms with Gasteiger partial charge in [0, 0.05) is 30.0 Å². The highest BCUT2D eigenvalue weighted by Crippen LogP contribution is 2.25. The van der Waals surface area contributed by atoms with Crippen LogP contribution in [0.5, 0.6) is 5.75 Å². The lowest BCUT2D eigenvalue weighted by Gasteiger charge is -2.25. The molecule has 0 saturated carbocycles. The van der Waals surface area contributed by atoms with Gasteiger partial charge in [0.1, 0.15) is 5.75 Å². The van der Waals surface area contributed by atoms with E-state index in [0.717, 1.165) is 17.0 Å². The van der Waals surface area contributed by atoms with Crippen molar-refractivity contribution in [3.05, 3.63) is 54.1 Å². The van der Waals surface area contributed by atoms with Crippen molar-refractivity contribution in [2.24, 2.45) is 0 Å². The summed E-state index contributed by atoms with van der Waals surface area (Å²) in [7, 11) is 1.65. The molecule has 0 aromatic heterocycles. The minimum atomic E-state index is 0.472. The van der Waals surface area contributed by atoms with E-state index in [1.807, 2.05) is 48.5 Å². The number of nitrogens with zero attached hydrogens (tertiary/aromatic N) is 2. The van der Waals surface area contributed by atoms with Crippen LogP contribution in [0.3, 0.4) is 0 Å². The Hall–Kier alpha value is -2.67. The second-order valence-corrected chi connectivity index (χ2v) is 4.74. The largest absolute Gasteiger partial charge is 0.496 e. The summed E-state index contributed by atoms with van der Waals surface area (Å²) in [5.74, 6) is 0.807. The molecule has 2 N–H and O–H groups in total. The van der Waals surface area contributed by atoms with Crippen LogP contribution in [0.2, 0.25) is 0 Å². The first-order valence-corrected chi connectivity index (χ1v) is 6.84. The molecule has 0 amide bonds. The molecule has 0 bridgehead atoms. The molecular formula is C17H19N3O. The van der Waals surface area contributed by atoms with Gasteiger partial charge in [-0.2, -0.15) is 5.26 Å². The zero-order valence-electron chi connectivity index (χ0n) is 12.1. The monoisotopic (exact) mass is 281 g/mol. The van der Waals surface area contributed by atoms with Crippen molar-refractivity contribution in [3.63, 3.8) is 0 Å². The molecule has 21 heavy (non-hydrogen) atoms. The van der Waals surface area contributed by atoms with Gasteiger partial charge in [0.05, 0.1) is 19.6 Å². The molecule has 0 aliphatic rings. The molecular weight excluding hydrogens is 262 g/mol. The molecule has 0 aliphatic heterocycles. The van der Waals surface area contributed by atoms with Crippen LogP contribution in [0.1, 0.15) is 12.0 Å². The fourth-order valence-corrected chi connectivity index (χ4v) is 2.25. The first kappa shape index (κ1) is 14.7. The third kappa shape index (κ3) is 3.90. The average Bonchev–Trinajstić information content (AvgIpc) is 2.52. The number of hydrogen-bond acceptors (Lipinski definition) is 4. The Bertz CT molecular complexity index is 620. The number of anilines is 2. The Balaban J connectivity index is 2.27. The molecule has 2 aromatic carbocycles. The van der Waals surface area contributed by atoms with E-state index >= 15 is 0 Å². The average molecular weight is 281 g/mol. The molecule has 0 heterocycles. The van der Waals surface area contributed by atoms with Gasteiger partial charge in [-0.1, -0.05) is 18.2 Å². The zero-order valence-corrected chi connectivity index (χ0v) is 12.1. The minimum Gasteiger partial charge on any atom is -0.496 e. The molecule has 0 spiro atoms. The van der Waals surface area contributed by atoms with Gasteiger partial charge in [0.2, 0.25) is 0 Å². The Morgan fingerprint density at radius 2 is 1.95 bits per heavy atom. The number of ether oxygens (including phenoxy) is 1. The van der Waals surface area contributed by atoms with Gasteiger partial charge in [-0.25, -0.2) is 0 Å². The van der Waals surface area contributed by atoms with Gasteiger partial charge >= 0.3 is 0 Å². The van der Waals surface area contributed by atoms with Gasteiger partial charge in [-0.15, -0.1) is 0 Å². The Morgan fingerprint density at radius 3 is 2.62 bits per heavy atom. The summed E-state index contributed by atoms with van der Waals surface area (Å²) < 4.78 is 5.39. The summed E-state index contributed by atoms with van der Waals surface area (Å²) in [6.45, 7) is 1.32. The summed E-state index contributed by atoms with van der Waals surface area (Å²) in [4.78, 5) is 2.15. The lowest BCUT2D eigenvalue weighted by molar-refractivity contribution is 0.409. The predicted molar refractivity (Wildman–Crippen MR) is 85.1 cm³/mol. The van der Waals surface area contributed by atoms with Crippen LogP contribution in [0.25, 0.3) is 0 Å². The lowest BCUT2D eigenvalue weighted by Crippen LogP contribution is -2.24. The third-order valence-corrected chi connectivity index (χ3v) is 3.28. The van der Waals surface area contributed by atoms with Gasteiger partial charge in [0.25, 0.3) is 0 Å². The van der Waals surface area contributed by atoms with Crippen molar-refractivity contribution in [1.82, 2.24) is 0 Å². The van der Waals surface area contributed by atoms with E-state index in [4.69, 9.17) is 15.7 Å². The van der Waals surface area contributed by atoms with E-state index in [0.29, 0.717) is 25.2 Å². The number of methoxy groups -OCH3 is 1. The third-order valence-electron chi connectivity index (χ3n) is 3.28. The number of rotatable bonds is 6. The van der Waals surface area contributed by atoms with Crippen molar-refractivity contribution < 1.29 is 4.74 Å². The highest BCUT2D eigenvalue weighted by atomic mass is 16.5.